The second-order valence-corrected chi connectivity index (χ2v) is 7.36. The van der Waals surface area contributed by atoms with Crippen molar-refractivity contribution in [3.05, 3.63) is 52.2 Å². The number of oxime groups is 1. The molecule has 0 radical (unpaired) electrons. The lowest BCUT2D eigenvalue weighted by Crippen LogP contribution is -2.31. The van der Waals surface area contributed by atoms with Crippen LogP contribution in [0.4, 0.5) is 0 Å². The maximum Gasteiger partial charge on any atom is 0.346 e. The van der Waals surface area contributed by atoms with Crippen molar-refractivity contribution in [3.63, 3.8) is 0 Å². The molecule has 1 saturated heterocycles. The molecule has 2 aromatic rings. The van der Waals surface area contributed by atoms with Crippen molar-refractivity contribution in [2.24, 2.45) is 5.16 Å². The van der Waals surface area contributed by atoms with Gasteiger partial charge >= 0.3 is 5.69 Å². The summed E-state index contributed by atoms with van der Waals surface area (Å²) < 4.78 is 3.43. The molecule has 4 rings (SSSR count). The molecule has 0 bridgehead atoms. The first-order chi connectivity index (χ1) is 13.2. The first-order valence-electron chi connectivity index (χ1n) is 9.88. The van der Waals surface area contributed by atoms with E-state index < -0.39 is 0 Å². The second-order valence-electron chi connectivity index (χ2n) is 7.36. The standard InChI is InChI=1S/C20H27N5O2/c1-2-17-12-18(27-23-17)14-25-20(26)24(13-15-6-4-3-5-7-15)19(22-25)16-8-10-21-11-9-16/h3-7,16,18,21H,2,8-14H2,1H3/t18-/m1/s1. The Labute approximate surface area is 159 Å². The van der Waals surface area contributed by atoms with Crippen LogP contribution in [0.25, 0.3) is 0 Å². The fourth-order valence-electron chi connectivity index (χ4n) is 3.86. The van der Waals surface area contributed by atoms with E-state index in [2.05, 4.69) is 29.5 Å². The van der Waals surface area contributed by atoms with Crippen LogP contribution in [-0.4, -0.2) is 39.3 Å². The number of hydrogen-bond acceptors (Lipinski definition) is 5. The average Bonchev–Trinajstić information content (AvgIpc) is 3.29. The molecule has 1 fully saturated rings. The normalized spacial score (nSPS) is 20.5. The number of rotatable bonds is 6. The van der Waals surface area contributed by atoms with E-state index in [9.17, 15) is 4.79 Å². The molecule has 3 heterocycles. The predicted octanol–water partition coefficient (Wildman–Crippen LogP) is 2.11. The summed E-state index contributed by atoms with van der Waals surface area (Å²) in [6.07, 6.45) is 3.58. The van der Waals surface area contributed by atoms with Crippen LogP contribution in [0, 0.1) is 0 Å². The van der Waals surface area contributed by atoms with Crippen molar-refractivity contribution in [3.8, 4) is 0 Å². The summed E-state index contributed by atoms with van der Waals surface area (Å²) in [5, 5.41) is 12.2. The van der Waals surface area contributed by atoms with Crippen LogP contribution in [0.15, 0.2) is 40.3 Å². The highest BCUT2D eigenvalue weighted by atomic mass is 16.6. The van der Waals surface area contributed by atoms with Gasteiger partial charge < -0.3 is 10.2 Å². The van der Waals surface area contributed by atoms with Gasteiger partial charge in [-0.15, -0.1) is 0 Å². The van der Waals surface area contributed by atoms with Gasteiger partial charge in [0, 0.05) is 12.3 Å². The van der Waals surface area contributed by atoms with Gasteiger partial charge in [0.2, 0.25) is 0 Å². The zero-order valence-corrected chi connectivity index (χ0v) is 15.8. The smallest absolute Gasteiger partial charge is 0.346 e. The molecule has 144 valence electrons. The highest BCUT2D eigenvalue weighted by Crippen LogP contribution is 2.23. The number of aromatic nitrogens is 3. The maximum atomic E-state index is 13.1. The molecule has 2 aliphatic rings. The summed E-state index contributed by atoms with van der Waals surface area (Å²) in [7, 11) is 0. The summed E-state index contributed by atoms with van der Waals surface area (Å²) in [4.78, 5) is 18.6. The summed E-state index contributed by atoms with van der Waals surface area (Å²) in [6.45, 7) is 5.01. The van der Waals surface area contributed by atoms with Gasteiger partial charge in [0.25, 0.3) is 0 Å². The van der Waals surface area contributed by atoms with Crippen molar-refractivity contribution in [1.82, 2.24) is 19.7 Å². The van der Waals surface area contributed by atoms with Crippen molar-refractivity contribution >= 4 is 5.71 Å². The van der Waals surface area contributed by atoms with Crippen LogP contribution in [-0.2, 0) is 17.9 Å². The molecule has 27 heavy (non-hydrogen) atoms. The van der Waals surface area contributed by atoms with Crippen LogP contribution < -0.4 is 11.0 Å². The topological polar surface area (TPSA) is 73.4 Å². The molecular formula is C20H27N5O2. The Hall–Kier alpha value is -2.41. The molecule has 0 amide bonds. The quantitative estimate of drug-likeness (QED) is 0.846. The fourth-order valence-corrected chi connectivity index (χ4v) is 3.86. The Morgan fingerprint density at radius 2 is 2.00 bits per heavy atom. The SMILES string of the molecule is CCC1=NO[C@@H](Cn2nc(C3CCNCC3)n(Cc3ccccc3)c2=O)C1. The lowest BCUT2D eigenvalue weighted by Gasteiger charge is -2.22. The van der Waals surface area contributed by atoms with Crippen LogP contribution in [0.2, 0.25) is 0 Å². The first-order valence-corrected chi connectivity index (χ1v) is 9.88. The largest absolute Gasteiger partial charge is 0.390 e. The number of hydrogen-bond donors (Lipinski definition) is 1. The van der Waals surface area contributed by atoms with Gasteiger partial charge in [0.1, 0.15) is 5.82 Å². The van der Waals surface area contributed by atoms with E-state index in [0.717, 1.165) is 55.9 Å². The molecule has 2 aliphatic heterocycles. The fraction of sp³-hybridized carbons (Fsp3) is 0.550. The minimum absolute atomic E-state index is 0.0547. The Morgan fingerprint density at radius 3 is 2.70 bits per heavy atom. The number of benzene rings is 1. The molecule has 0 unspecified atom stereocenters. The predicted molar refractivity (Wildman–Crippen MR) is 104 cm³/mol. The van der Waals surface area contributed by atoms with Gasteiger partial charge in [0.05, 0.1) is 18.8 Å². The monoisotopic (exact) mass is 369 g/mol. The minimum atomic E-state index is -0.0985. The Balaban J connectivity index is 1.61. The first kappa shape index (κ1) is 18.0. The lowest BCUT2D eigenvalue weighted by atomic mass is 9.97. The highest BCUT2D eigenvalue weighted by Gasteiger charge is 2.27. The zero-order valence-electron chi connectivity index (χ0n) is 15.8. The summed E-state index contributed by atoms with van der Waals surface area (Å²) in [5.41, 5.74) is 2.11. The van der Waals surface area contributed by atoms with Gasteiger partial charge in [0.15, 0.2) is 6.10 Å². The molecule has 7 heteroatoms. The average molecular weight is 369 g/mol. The molecule has 0 spiro atoms. The van der Waals surface area contributed by atoms with Gasteiger partial charge in [-0.25, -0.2) is 9.48 Å². The van der Waals surface area contributed by atoms with E-state index in [1.54, 1.807) is 4.68 Å². The van der Waals surface area contributed by atoms with E-state index in [-0.39, 0.29) is 11.8 Å². The van der Waals surface area contributed by atoms with Gasteiger partial charge in [-0.05, 0) is 37.9 Å². The molecular weight excluding hydrogens is 342 g/mol. The minimum Gasteiger partial charge on any atom is -0.390 e. The summed E-state index contributed by atoms with van der Waals surface area (Å²) in [5.74, 6) is 1.22. The maximum absolute atomic E-state index is 13.1. The van der Waals surface area contributed by atoms with Crippen molar-refractivity contribution in [2.75, 3.05) is 13.1 Å². The third-order valence-electron chi connectivity index (χ3n) is 5.42. The van der Waals surface area contributed by atoms with Crippen LogP contribution in [0.1, 0.15) is 49.9 Å². The third kappa shape index (κ3) is 3.98. The Morgan fingerprint density at radius 1 is 1.22 bits per heavy atom. The molecule has 0 saturated carbocycles. The Kier molecular flexibility index (Phi) is 5.38. The number of nitrogens with zero attached hydrogens (tertiary/aromatic N) is 4. The molecule has 7 nitrogen and oxygen atoms in total. The van der Waals surface area contributed by atoms with Gasteiger partial charge in [-0.3, -0.25) is 4.57 Å². The molecule has 0 aliphatic carbocycles. The van der Waals surface area contributed by atoms with Crippen molar-refractivity contribution in [2.45, 2.75) is 57.7 Å². The van der Waals surface area contributed by atoms with E-state index >= 15 is 0 Å². The van der Waals surface area contributed by atoms with E-state index in [1.807, 2.05) is 22.8 Å². The van der Waals surface area contributed by atoms with Gasteiger partial charge in [-0.2, -0.15) is 5.10 Å². The third-order valence-corrected chi connectivity index (χ3v) is 5.42. The van der Waals surface area contributed by atoms with Gasteiger partial charge in [-0.1, -0.05) is 42.4 Å². The van der Waals surface area contributed by atoms with Crippen molar-refractivity contribution in [1.29, 1.82) is 0 Å². The van der Waals surface area contributed by atoms with Crippen LogP contribution in [0.3, 0.4) is 0 Å². The number of nitrogens with one attached hydrogen (secondary N) is 1. The van der Waals surface area contributed by atoms with E-state index in [1.165, 1.54) is 0 Å². The van der Waals surface area contributed by atoms with E-state index in [0.29, 0.717) is 19.0 Å². The molecule has 1 N–H and O–H groups in total. The summed E-state index contributed by atoms with van der Waals surface area (Å²) in [6, 6.07) is 10.1. The summed E-state index contributed by atoms with van der Waals surface area (Å²) >= 11 is 0. The van der Waals surface area contributed by atoms with Crippen LogP contribution >= 0.6 is 0 Å². The molecule has 1 atom stereocenters. The Bertz CT molecular complexity index is 849. The van der Waals surface area contributed by atoms with Crippen LogP contribution in [0.5, 0.6) is 0 Å². The zero-order chi connectivity index (χ0) is 18.6. The molecule has 1 aromatic heterocycles. The number of piperidine rings is 1. The van der Waals surface area contributed by atoms with Crippen molar-refractivity contribution < 1.29 is 4.84 Å². The second kappa shape index (κ2) is 8.08. The lowest BCUT2D eigenvalue weighted by molar-refractivity contribution is 0.0687. The highest BCUT2D eigenvalue weighted by molar-refractivity contribution is 5.85. The van der Waals surface area contributed by atoms with E-state index in [4.69, 9.17) is 9.94 Å². The molecule has 1 aromatic carbocycles.